The van der Waals surface area contributed by atoms with E-state index in [1.165, 1.54) is 33.8 Å². The molecule has 3 nitrogen and oxygen atoms in total. The summed E-state index contributed by atoms with van der Waals surface area (Å²) in [6.07, 6.45) is 4.74. The van der Waals surface area contributed by atoms with Crippen molar-refractivity contribution in [1.29, 1.82) is 0 Å². The largest absolute Gasteiger partial charge is 0.106 e. The predicted molar refractivity (Wildman–Crippen MR) is 186 cm³/mol. The summed E-state index contributed by atoms with van der Waals surface area (Å²) in [5.41, 5.74) is 5.62. The maximum atomic E-state index is 6.95. The number of hydrogen-bond acceptors (Lipinski definition) is 3. The van der Waals surface area contributed by atoms with E-state index in [0.717, 1.165) is 0 Å². The molecule has 2 aliphatic rings. The van der Waals surface area contributed by atoms with Gasteiger partial charge in [-0.2, -0.15) is 0 Å². The van der Waals surface area contributed by atoms with Crippen LogP contribution in [0.2, 0.25) is 10.1 Å². The Labute approximate surface area is 279 Å². The Hall–Kier alpha value is -0.623. The monoisotopic (exact) mass is 722 g/mol. The molecule has 0 bridgehead atoms. The Balaban J connectivity index is 0.00000114. The van der Waals surface area contributed by atoms with Crippen LogP contribution < -0.4 is 0 Å². The third-order valence-electron chi connectivity index (χ3n) is 9.23. The van der Waals surface area contributed by atoms with Crippen molar-refractivity contribution in [2.45, 2.75) is 84.5 Å². The van der Waals surface area contributed by atoms with Crippen molar-refractivity contribution in [3.05, 3.63) is 82.3 Å². The first-order valence-electron chi connectivity index (χ1n) is 15.3. The van der Waals surface area contributed by atoms with Crippen molar-refractivity contribution in [3.8, 4) is 0 Å². The van der Waals surface area contributed by atoms with Crippen molar-refractivity contribution in [1.82, 2.24) is 2.84 Å². The van der Waals surface area contributed by atoms with Gasteiger partial charge in [0, 0.05) is 0 Å². The molecule has 2 unspecified atom stereocenters. The number of hydrogen-bond donors (Lipinski definition) is 0. The van der Waals surface area contributed by atoms with E-state index in [2.05, 4.69) is 133 Å². The standard InChI is InChI=1S/2C15H21OSi.C2H4Cl2.C2H6N.Zr/c2*1-11(2)15(3,4)17-16-14-9-12-7-5-6-8-13(12)10-14;1-2(3)4;1-3-2;/h2*5-11H,17H2,1-4H3;2H,1H3;1-2H3;/q;;;-1;+1. The molecule has 0 saturated carbocycles. The van der Waals surface area contributed by atoms with Crippen LogP contribution >= 0.6 is 23.2 Å². The summed E-state index contributed by atoms with van der Waals surface area (Å²) in [5.74, 6) is 3.70. The van der Waals surface area contributed by atoms with Gasteiger partial charge in [0.25, 0.3) is 0 Å². The van der Waals surface area contributed by atoms with Gasteiger partial charge in [0.2, 0.25) is 0 Å². The number of allylic oxidation sites excluding steroid dienone is 2. The van der Waals surface area contributed by atoms with Crippen molar-refractivity contribution >= 4 is 54.9 Å². The number of nitrogens with zero attached hydrogens (tertiary/aromatic N) is 1. The molecule has 2 aromatic carbocycles. The molecule has 0 aromatic heterocycles. The minimum atomic E-state index is -2.53. The van der Waals surface area contributed by atoms with E-state index in [9.17, 15) is 0 Å². The molecule has 8 heteroatoms. The summed E-state index contributed by atoms with van der Waals surface area (Å²) in [6, 6.07) is 18.0. The molecule has 0 N–H and O–H groups in total. The van der Waals surface area contributed by atoms with Crippen LogP contribution in [-0.4, -0.2) is 41.3 Å². The molecule has 2 aromatic rings. The Morgan fingerprint density at radius 1 is 0.690 bits per heavy atom. The van der Waals surface area contributed by atoms with Gasteiger partial charge >= 0.3 is 246 Å². The van der Waals surface area contributed by atoms with Gasteiger partial charge in [-0.05, 0) is 6.92 Å². The van der Waals surface area contributed by atoms with E-state index in [-0.39, 0.29) is 14.9 Å². The molecular formula is C34H52Cl2NO2Si2Zr. The minimum absolute atomic E-state index is 0.222. The molecule has 0 saturated heterocycles. The fourth-order valence-corrected chi connectivity index (χ4v) is 16.5. The second-order valence-electron chi connectivity index (χ2n) is 13.9. The van der Waals surface area contributed by atoms with Gasteiger partial charge in [0.1, 0.15) is 4.84 Å². The van der Waals surface area contributed by atoms with Crippen molar-refractivity contribution in [3.63, 3.8) is 0 Å². The second kappa shape index (κ2) is 15.1. The van der Waals surface area contributed by atoms with Gasteiger partial charge < -0.3 is 0 Å². The van der Waals surface area contributed by atoms with E-state index >= 15 is 0 Å². The zero-order valence-electron chi connectivity index (χ0n) is 27.6. The topological polar surface area (TPSA) is 21.7 Å². The first-order valence-corrected chi connectivity index (χ1v) is 22.6. The molecule has 2 atom stereocenters. The normalized spacial score (nSPS) is 18.6. The molecule has 0 amide bonds. The molecular weight excluding hydrogens is 673 g/mol. The molecule has 0 heterocycles. The van der Waals surface area contributed by atoms with Gasteiger partial charge in [-0.1, -0.05) is 0 Å². The molecule has 0 fully saturated rings. The van der Waals surface area contributed by atoms with E-state index in [1.54, 1.807) is 6.92 Å². The fourth-order valence-electron chi connectivity index (χ4n) is 5.01. The van der Waals surface area contributed by atoms with Crippen molar-refractivity contribution in [2.24, 2.45) is 11.8 Å². The third-order valence-corrected chi connectivity index (χ3v) is 21.7. The first-order chi connectivity index (χ1) is 19.6. The maximum absolute atomic E-state index is 6.95. The average Bonchev–Trinajstić information content (AvgIpc) is 3.45. The molecule has 4 rings (SSSR count). The summed E-state index contributed by atoms with van der Waals surface area (Å²) < 4.78 is 17.2. The Kier molecular flexibility index (Phi) is 12.9. The van der Waals surface area contributed by atoms with Crippen LogP contribution in [0.15, 0.2) is 60.0 Å². The summed E-state index contributed by atoms with van der Waals surface area (Å²) in [4.78, 5) is -0.222. The molecule has 2 aliphatic carbocycles. The van der Waals surface area contributed by atoms with Gasteiger partial charge in [-0.15, -0.1) is 23.2 Å². The number of halogens is 2. The third kappa shape index (κ3) is 8.76. The first kappa shape index (κ1) is 35.9. The fraction of sp³-hybridized carbons (Fsp3) is 0.529. The Bertz CT molecular complexity index is 1170. The SMILES string of the molecule is CC(C)C(C)(C)[SiH2]OC1=Cc2ccccc2[CH]1[Zr]([CH]1C(O[SiH2]C(C)(C)C(C)C)=Cc2ccccc21)[N](C)C.CC(Cl)Cl. The van der Waals surface area contributed by atoms with Crippen LogP contribution in [0, 0.1) is 11.8 Å². The van der Waals surface area contributed by atoms with E-state index in [0.29, 0.717) is 19.1 Å². The second-order valence-corrected chi connectivity index (χ2v) is 27.4. The predicted octanol–water partition coefficient (Wildman–Crippen LogP) is 8.99. The summed E-state index contributed by atoms with van der Waals surface area (Å²) in [7, 11) is 3.10. The van der Waals surface area contributed by atoms with Gasteiger partial charge in [0.05, 0.1) is 0 Å². The Morgan fingerprint density at radius 2 is 1.02 bits per heavy atom. The summed E-state index contributed by atoms with van der Waals surface area (Å²) in [5, 5.41) is 0.508. The van der Waals surface area contributed by atoms with Crippen molar-refractivity contribution < 1.29 is 30.9 Å². The van der Waals surface area contributed by atoms with Crippen molar-refractivity contribution in [2.75, 3.05) is 14.1 Å². The van der Waals surface area contributed by atoms with E-state index in [1.807, 2.05) is 0 Å². The van der Waals surface area contributed by atoms with Gasteiger partial charge in [-0.25, -0.2) is 0 Å². The summed E-state index contributed by atoms with van der Waals surface area (Å²) in [6.45, 7) is 20.6. The van der Waals surface area contributed by atoms with Crippen LogP contribution in [0.25, 0.3) is 12.2 Å². The number of rotatable bonds is 11. The van der Waals surface area contributed by atoms with E-state index in [4.69, 9.17) is 32.1 Å². The van der Waals surface area contributed by atoms with Crippen LogP contribution in [0.4, 0.5) is 0 Å². The van der Waals surface area contributed by atoms with E-state index < -0.39 is 41.6 Å². The molecule has 231 valence electrons. The van der Waals surface area contributed by atoms with Crippen LogP contribution in [0.1, 0.15) is 91.8 Å². The van der Waals surface area contributed by atoms with Gasteiger partial charge in [0.15, 0.2) is 0 Å². The quantitative estimate of drug-likeness (QED) is 0.171. The number of benzene rings is 2. The summed E-state index contributed by atoms with van der Waals surface area (Å²) >= 11 is 7.55. The number of fused-ring (bicyclic) bond motifs is 2. The molecule has 0 aliphatic heterocycles. The zero-order valence-corrected chi connectivity index (χ0v) is 34.4. The molecule has 0 radical (unpaired) electrons. The minimum Gasteiger partial charge on any atom is -0.106 e. The van der Waals surface area contributed by atoms with Gasteiger partial charge in [-0.3, -0.25) is 0 Å². The zero-order chi connectivity index (χ0) is 31.4. The maximum Gasteiger partial charge on any atom is 0.105 e. The van der Waals surface area contributed by atoms with Crippen LogP contribution in [0.5, 0.6) is 0 Å². The van der Waals surface area contributed by atoms with Crippen LogP contribution in [-0.2, 0) is 30.9 Å². The molecule has 0 spiro atoms. The number of alkyl halides is 2. The molecule has 42 heavy (non-hydrogen) atoms. The van der Waals surface area contributed by atoms with Crippen LogP contribution in [0.3, 0.4) is 0 Å². The Morgan fingerprint density at radius 3 is 1.33 bits per heavy atom. The average molecular weight is 725 g/mol. The smallest absolute Gasteiger partial charge is 0.105 e.